The zero-order valence-corrected chi connectivity index (χ0v) is 19.7. The summed E-state index contributed by atoms with van der Waals surface area (Å²) < 4.78 is 5.26. The van der Waals surface area contributed by atoms with Crippen molar-refractivity contribution in [3.05, 3.63) is 60.2 Å². The molecule has 2 unspecified atom stereocenters. The van der Waals surface area contributed by atoms with Gasteiger partial charge in [0.1, 0.15) is 12.1 Å². The minimum absolute atomic E-state index is 0.0820. The van der Waals surface area contributed by atoms with Crippen molar-refractivity contribution in [3.63, 3.8) is 0 Å². The lowest BCUT2D eigenvalue weighted by Gasteiger charge is -2.26. The number of ether oxygens (including phenoxy) is 1. The van der Waals surface area contributed by atoms with Crippen LogP contribution in [0, 0.1) is 0 Å². The van der Waals surface area contributed by atoms with E-state index in [1.165, 1.54) is 6.08 Å². The Morgan fingerprint density at radius 3 is 2.49 bits per heavy atom. The topological polar surface area (TPSA) is 143 Å². The molecule has 2 aromatic rings. The van der Waals surface area contributed by atoms with Gasteiger partial charge < -0.3 is 26.4 Å². The van der Waals surface area contributed by atoms with Crippen LogP contribution in [0.1, 0.15) is 12.5 Å². The first-order valence-corrected chi connectivity index (χ1v) is 11.5. The fourth-order valence-electron chi connectivity index (χ4n) is 3.72. The number of hydrogen-bond donors (Lipinski definition) is 4. The van der Waals surface area contributed by atoms with Gasteiger partial charge in [-0.1, -0.05) is 42.5 Å². The minimum Gasteiger partial charge on any atom is -0.379 e. The summed E-state index contributed by atoms with van der Waals surface area (Å²) >= 11 is 0. The monoisotopic (exact) mass is 481 g/mol. The summed E-state index contributed by atoms with van der Waals surface area (Å²) in [5.41, 5.74) is 6.10. The van der Waals surface area contributed by atoms with Gasteiger partial charge in [-0.25, -0.2) is 0 Å². The minimum atomic E-state index is -1.16. The number of fused-ring (bicyclic) bond motifs is 1. The Hall–Kier alpha value is -3.76. The number of nitrogens with zero attached hydrogens (tertiary/aromatic N) is 1. The van der Waals surface area contributed by atoms with E-state index in [-0.39, 0.29) is 12.5 Å². The molecule has 5 N–H and O–H groups in total. The van der Waals surface area contributed by atoms with E-state index in [9.17, 15) is 19.2 Å². The van der Waals surface area contributed by atoms with E-state index < -0.39 is 29.8 Å². The lowest BCUT2D eigenvalue weighted by molar-refractivity contribution is -0.131. The number of nitrogens with two attached hydrogens (primary N) is 1. The molecular formula is C25H31N5O5. The molecule has 0 radical (unpaired) electrons. The van der Waals surface area contributed by atoms with E-state index >= 15 is 0 Å². The van der Waals surface area contributed by atoms with Crippen molar-refractivity contribution >= 4 is 34.4 Å². The van der Waals surface area contributed by atoms with Gasteiger partial charge in [0.2, 0.25) is 23.6 Å². The van der Waals surface area contributed by atoms with Crippen LogP contribution in [0.3, 0.4) is 0 Å². The van der Waals surface area contributed by atoms with Crippen LogP contribution in [-0.2, 0) is 30.5 Å². The molecule has 35 heavy (non-hydrogen) atoms. The predicted molar refractivity (Wildman–Crippen MR) is 131 cm³/mol. The first-order valence-electron chi connectivity index (χ1n) is 11.5. The highest BCUT2D eigenvalue weighted by molar-refractivity contribution is 5.95. The van der Waals surface area contributed by atoms with E-state index in [2.05, 4.69) is 16.0 Å². The molecule has 0 bridgehead atoms. The van der Waals surface area contributed by atoms with Gasteiger partial charge in [-0.05, 0) is 29.3 Å². The molecule has 1 aliphatic heterocycles. The molecule has 186 valence electrons. The second-order valence-corrected chi connectivity index (χ2v) is 8.28. The lowest BCUT2D eigenvalue weighted by Crippen LogP contribution is -2.53. The molecule has 1 aliphatic rings. The third-order valence-electron chi connectivity index (χ3n) is 5.61. The molecule has 2 aromatic carbocycles. The normalized spacial score (nSPS) is 15.9. The van der Waals surface area contributed by atoms with Gasteiger partial charge in [0.25, 0.3) is 0 Å². The van der Waals surface area contributed by atoms with E-state index in [0.717, 1.165) is 22.4 Å². The molecule has 10 nitrogen and oxygen atoms in total. The average molecular weight is 482 g/mol. The Morgan fingerprint density at radius 2 is 1.74 bits per heavy atom. The number of benzene rings is 2. The summed E-state index contributed by atoms with van der Waals surface area (Å²) in [6, 6.07) is 11.7. The van der Waals surface area contributed by atoms with Gasteiger partial charge in [0, 0.05) is 25.7 Å². The molecule has 4 amide bonds. The van der Waals surface area contributed by atoms with Crippen molar-refractivity contribution in [3.8, 4) is 0 Å². The summed E-state index contributed by atoms with van der Waals surface area (Å²) in [4.78, 5) is 51.0. The third-order valence-corrected chi connectivity index (χ3v) is 5.61. The molecule has 10 heteroatoms. The number of rotatable bonds is 10. The zero-order valence-electron chi connectivity index (χ0n) is 19.7. The predicted octanol–water partition coefficient (Wildman–Crippen LogP) is -0.181. The SMILES string of the molecule is CC(NC(=O)C(C=CC(N)=O)NC(=O)CN1CCOCC1)C(=O)NCc1cccc2ccccc12. The van der Waals surface area contributed by atoms with Gasteiger partial charge in [0.15, 0.2) is 0 Å². The smallest absolute Gasteiger partial charge is 0.247 e. The Balaban J connectivity index is 1.57. The van der Waals surface area contributed by atoms with Crippen LogP contribution in [0.2, 0.25) is 0 Å². The van der Waals surface area contributed by atoms with Crippen molar-refractivity contribution in [2.24, 2.45) is 5.73 Å². The molecule has 3 rings (SSSR count). The molecule has 2 atom stereocenters. The van der Waals surface area contributed by atoms with Gasteiger partial charge in [0.05, 0.1) is 19.8 Å². The summed E-state index contributed by atoms with van der Waals surface area (Å²) in [7, 11) is 0. The molecule has 0 aromatic heterocycles. The number of hydrogen-bond acceptors (Lipinski definition) is 6. The summed E-state index contributed by atoms with van der Waals surface area (Å²) in [6.45, 7) is 4.19. The third kappa shape index (κ3) is 7.90. The maximum Gasteiger partial charge on any atom is 0.247 e. The lowest BCUT2D eigenvalue weighted by atomic mass is 10.0. The Kier molecular flexibility index (Phi) is 9.33. The van der Waals surface area contributed by atoms with Crippen molar-refractivity contribution in [1.29, 1.82) is 0 Å². The molecule has 0 aliphatic carbocycles. The van der Waals surface area contributed by atoms with Crippen LogP contribution in [0.5, 0.6) is 0 Å². The number of carbonyl (C=O) groups excluding carboxylic acids is 4. The molecule has 1 saturated heterocycles. The number of carbonyl (C=O) groups is 4. The number of morpholine rings is 1. The maximum atomic E-state index is 12.8. The number of amides is 4. The quantitative estimate of drug-likeness (QED) is 0.347. The first kappa shape index (κ1) is 25.9. The van der Waals surface area contributed by atoms with Crippen molar-refractivity contribution in [2.45, 2.75) is 25.6 Å². The van der Waals surface area contributed by atoms with Gasteiger partial charge in [-0.2, -0.15) is 0 Å². The fraction of sp³-hybridized carbons (Fsp3) is 0.360. The number of nitrogens with one attached hydrogen (secondary N) is 3. The molecular weight excluding hydrogens is 450 g/mol. The zero-order chi connectivity index (χ0) is 25.2. The molecule has 0 saturated carbocycles. The van der Waals surface area contributed by atoms with Crippen LogP contribution in [0.25, 0.3) is 10.8 Å². The Bertz CT molecular complexity index is 1090. The van der Waals surface area contributed by atoms with Crippen LogP contribution in [0.4, 0.5) is 0 Å². The highest BCUT2D eigenvalue weighted by atomic mass is 16.5. The summed E-state index contributed by atoms with van der Waals surface area (Å²) in [5.74, 6) is -2.17. The maximum absolute atomic E-state index is 12.8. The van der Waals surface area contributed by atoms with E-state index in [0.29, 0.717) is 32.8 Å². The van der Waals surface area contributed by atoms with Crippen LogP contribution in [-0.4, -0.2) is 73.5 Å². The molecule has 1 heterocycles. The second kappa shape index (κ2) is 12.6. The average Bonchev–Trinajstić information content (AvgIpc) is 2.85. The van der Waals surface area contributed by atoms with Crippen molar-refractivity contribution in [1.82, 2.24) is 20.9 Å². The van der Waals surface area contributed by atoms with Crippen LogP contribution < -0.4 is 21.7 Å². The number of primary amides is 1. The van der Waals surface area contributed by atoms with Gasteiger partial charge >= 0.3 is 0 Å². The van der Waals surface area contributed by atoms with Crippen molar-refractivity contribution in [2.75, 3.05) is 32.8 Å². The first-order chi connectivity index (χ1) is 16.8. The highest BCUT2D eigenvalue weighted by Crippen LogP contribution is 2.18. The van der Waals surface area contributed by atoms with E-state index in [1.54, 1.807) is 6.92 Å². The molecule has 0 spiro atoms. The highest BCUT2D eigenvalue weighted by Gasteiger charge is 2.24. The Morgan fingerprint density at radius 1 is 1.03 bits per heavy atom. The summed E-state index contributed by atoms with van der Waals surface area (Å²) in [6.07, 6.45) is 2.21. The Labute approximate surface area is 203 Å². The van der Waals surface area contributed by atoms with Crippen LogP contribution in [0.15, 0.2) is 54.6 Å². The van der Waals surface area contributed by atoms with E-state index in [4.69, 9.17) is 10.5 Å². The second-order valence-electron chi connectivity index (χ2n) is 8.28. The van der Waals surface area contributed by atoms with Gasteiger partial charge in [-0.3, -0.25) is 24.1 Å². The van der Waals surface area contributed by atoms with E-state index in [1.807, 2.05) is 47.4 Å². The standard InChI is InChI=1S/C25H31N5O5/c1-17(24(33)27-15-19-7-4-6-18-5-2-3-8-20(18)19)28-25(34)21(9-10-22(26)31)29-23(32)16-30-11-13-35-14-12-30/h2-10,17,21H,11-16H2,1H3,(H2,26,31)(H,27,33)(H,28,34)(H,29,32). The largest absolute Gasteiger partial charge is 0.379 e. The molecule has 1 fully saturated rings. The van der Waals surface area contributed by atoms with Crippen LogP contribution >= 0.6 is 0 Å². The van der Waals surface area contributed by atoms with Crippen molar-refractivity contribution < 1.29 is 23.9 Å². The fourth-order valence-corrected chi connectivity index (χ4v) is 3.72. The summed E-state index contributed by atoms with van der Waals surface area (Å²) in [5, 5.41) is 10.1. The van der Waals surface area contributed by atoms with Gasteiger partial charge in [-0.15, -0.1) is 0 Å².